The fourth-order valence-electron chi connectivity index (χ4n) is 1.93. The van der Waals surface area contributed by atoms with E-state index in [0.29, 0.717) is 4.73 Å². The molecule has 1 N–H and O–H groups in total. The summed E-state index contributed by atoms with van der Waals surface area (Å²) in [6.07, 6.45) is 1.13. The first-order valence-corrected chi connectivity index (χ1v) is 8.83. The van der Waals surface area contributed by atoms with Crippen LogP contribution in [0.2, 0.25) is 0 Å². The van der Waals surface area contributed by atoms with Crippen molar-refractivity contribution in [1.29, 1.82) is 0 Å². The van der Waals surface area contributed by atoms with Crippen molar-refractivity contribution in [2.75, 3.05) is 26.0 Å². The van der Waals surface area contributed by atoms with Gasteiger partial charge in [0.2, 0.25) is 10.0 Å². The Balaban J connectivity index is 2.00. The Kier molecular flexibility index (Phi) is 5.90. The number of pyridine rings is 1. The van der Waals surface area contributed by atoms with Gasteiger partial charge in [0.05, 0.1) is 4.90 Å². The molecule has 2 aromatic rings. The summed E-state index contributed by atoms with van der Waals surface area (Å²) in [7, 11) is -0.853. The second kappa shape index (κ2) is 7.93. The molecule has 0 atom stereocenters. The van der Waals surface area contributed by atoms with Gasteiger partial charge in [-0.2, -0.15) is 4.73 Å². The minimum absolute atomic E-state index is 0.00831. The average molecular weight is 379 g/mol. The molecule has 26 heavy (non-hydrogen) atoms. The van der Waals surface area contributed by atoms with Gasteiger partial charge in [0.15, 0.2) is 12.8 Å². The van der Waals surface area contributed by atoms with E-state index in [1.807, 2.05) is 0 Å². The molecule has 0 radical (unpaired) electrons. The number of carbonyl (C=O) groups excluding carboxylic acids is 2. The third-order valence-corrected chi connectivity index (χ3v) is 5.08. The van der Waals surface area contributed by atoms with Crippen LogP contribution in [-0.4, -0.2) is 45.3 Å². The number of aromatic nitrogens is 1. The SMILES string of the molecule is CN(C)S(=O)(=O)c1cccc(NC(=O)COC(=O)c2cccc[n+]2[O-])c1. The van der Waals surface area contributed by atoms with Crippen molar-refractivity contribution in [3.05, 3.63) is 59.6 Å². The molecule has 0 aliphatic carbocycles. The fourth-order valence-corrected chi connectivity index (χ4v) is 2.88. The Hall–Kier alpha value is -2.98. The molecule has 0 fully saturated rings. The smallest absolute Gasteiger partial charge is 0.405 e. The molecule has 0 spiro atoms. The highest BCUT2D eigenvalue weighted by atomic mass is 32.2. The number of hydrogen-bond donors (Lipinski definition) is 1. The summed E-state index contributed by atoms with van der Waals surface area (Å²) in [6.45, 7) is -0.627. The number of ether oxygens (including phenoxy) is 1. The van der Waals surface area contributed by atoms with Crippen molar-refractivity contribution in [2.45, 2.75) is 4.90 Å². The second-order valence-electron chi connectivity index (χ2n) is 5.35. The Bertz CT molecular complexity index is 927. The number of amides is 1. The molecule has 1 amide bonds. The van der Waals surface area contributed by atoms with E-state index in [9.17, 15) is 23.2 Å². The van der Waals surface area contributed by atoms with Crippen LogP contribution in [0.25, 0.3) is 0 Å². The quantitative estimate of drug-likeness (QED) is 0.440. The topological polar surface area (TPSA) is 120 Å². The minimum atomic E-state index is -3.64. The van der Waals surface area contributed by atoms with Crippen LogP contribution in [0.5, 0.6) is 0 Å². The Morgan fingerprint density at radius 1 is 1.19 bits per heavy atom. The van der Waals surface area contributed by atoms with Gasteiger partial charge in [-0.25, -0.2) is 17.5 Å². The van der Waals surface area contributed by atoms with Crippen LogP contribution in [0.4, 0.5) is 5.69 Å². The molecule has 1 aromatic heterocycles. The Morgan fingerprint density at radius 3 is 2.58 bits per heavy atom. The highest BCUT2D eigenvalue weighted by molar-refractivity contribution is 7.89. The highest BCUT2D eigenvalue weighted by Gasteiger charge is 2.19. The Labute approximate surface area is 150 Å². The molecule has 0 saturated carbocycles. The van der Waals surface area contributed by atoms with Crippen molar-refractivity contribution >= 4 is 27.6 Å². The number of hydrogen-bond acceptors (Lipinski definition) is 6. The summed E-state index contributed by atoms with van der Waals surface area (Å²) in [5.41, 5.74) is -0.0213. The van der Waals surface area contributed by atoms with Crippen molar-refractivity contribution in [3.8, 4) is 0 Å². The fraction of sp³-hybridized carbons (Fsp3) is 0.188. The highest BCUT2D eigenvalue weighted by Crippen LogP contribution is 2.17. The normalized spacial score (nSPS) is 11.2. The van der Waals surface area contributed by atoms with Gasteiger partial charge in [-0.1, -0.05) is 6.07 Å². The number of nitrogens with one attached hydrogen (secondary N) is 1. The monoisotopic (exact) mass is 379 g/mol. The van der Waals surface area contributed by atoms with Crippen LogP contribution in [-0.2, 0) is 19.6 Å². The molecule has 138 valence electrons. The number of rotatable bonds is 6. The van der Waals surface area contributed by atoms with E-state index < -0.39 is 28.5 Å². The molecule has 10 heteroatoms. The summed E-state index contributed by atoms with van der Waals surface area (Å²) in [4.78, 5) is 23.7. The summed E-state index contributed by atoms with van der Waals surface area (Å²) in [5.74, 6) is -1.62. The molecule has 0 bridgehead atoms. The largest absolute Gasteiger partial charge is 0.618 e. The summed E-state index contributed by atoms with van der Waals surface area (Å²) >= 11 is 0. The zero-order valence-electron chi connectivity index (χ0n) is 14.1. The third kappa shape index (κ3) is 4.55. The Morgan fingerprint density at radius 2 is 1.92 bits per heavy atom. The predicted octanol–water partition coefficient (Wildman–Crippen LogP) is 0.366. The van der Waals surface area contributed by atoms with Crippen molar-refractivity contribution in [3.63, 3.8) is 0 Å². The van der Waals surface area contributed by atoms with E-state index in [4.69, 9.17) is 4.74 Å². The van der Waals surface area contributed by atoms with Gasteiger partial charge in [0, 0.05) is 31.9 Å². The standard InChI is InChI=1S/C16H17N3O6S/c1-18(2)26(23,24)13-7-5-6-12(10-13)17-15(20)11-25-16(21)14-8-3-4-9-19(14)22/h3-10H,11H2,1-2H3,(H,17,20). The third-order valence-electron chi connectivity index (χ3n) is 3.26. The van der Waals surface area contributed by atoms with Crippen molar-refractivity contribution < 1.29 is 27.5 Å². The van der Waals surface area contributed by atoms with Gasteiger partial charge >= 0.3 is 11.7 Å². The maximum atomic E-state index is 12.1. The van der Waals surface area contributed by atoms with E-state index in [2.05, 4.69) is 5.32 Å². The lowest BCUT2D eigenvalue weighted by Crippen LogP contribution is -2.35. The predicted molar refractivity (Wildman–Crippen MR) is 91.6 cm³/mol. The maximum absolute atomic E-state index is 12.1. The van der Waals surface area contributed by atoms with Crippen molar-refractivity contribution in [2.24, 2.45) is 0 Å². The first kappa shape index (κ1) is 19.3. The zero-order chi connectivity index (χ0) is 19.3. The molecule has 1 heterocycles. The van der Waals surface area contributed by atoms with Gasteiger partial charge in [-0.3, -0.25) is 4.79 Å². The van der Waals surface area contributed by atoms with Gasteiger partial charge < -0.3 is 15.3 Å². The lowest BCUT2D eigenvalue weighted by molar-refractivity contribution is -0.608. The van der Waals surface area contributed by atoms with Gasteiger partial charge in [0.1, 0.15) is 0 Å². The van der Waals surface area contributed by atoms with Gasteiger partial charge in [-0.05, 0) is 24.3 Å². The van der Waals surface area contributed by atoms with Crippen LogP contribution >= 0.6 is 0 Å². The second-order valence-corrected chi connectivity index (χ2v) is 7.50. The zero-order valence-corrected chi connectivity index (χ0v) is 14.9. The summed E-state index contributed by atoms with van der Waals surface area (Å²) < 4.78 is 30.3. The number of carbonyl (C=O) groups is 2. The van der Waals surface area contributed by atoms with Crippen molar-refractivity contribution in [1.82, 2.24) is 4.31 Å². The molecule has 1 aromatic carbocycles. The van der Waals surface area contributed by atoms with E-state index in [-0.39, 0.29) is 16.3 Å². The molecular weight excluding hydrogens is 362 g/mol. The molecule has 0 aliphatic heterocycles. The number of esters is 1. The molecule has 2 rings (SSSR count). The number of nitrogens with zero attached hydrogens (tertiary/aromatic N) is 2. The van der Waals surface area contributed by atoms with E-state index in [1.165, 1.54) is 56.6 Å². The summed E-state index contributed by atoms with van der Waals surface area (Å²) in [6, 6.07) is 9.86. The first-order valence-electron chi connectivity index (χ1n) is 7.39. The lowest BCUT2D eigenvalue weighted by atomic mass is 10.3. The van der Waals surface area contributed by atoms with Crippen LogP contribution in [0.1, 0.15) is 10.5 Å². The molecule has 0 saturated heterocycles. The van der Waals surface area contributed by atoms with E-state index >= 15 is 0 Å². The number of sulfonamides is 1. The molecule has 0 unspecified atom stereocenters. The average Bonchev–Trinajstić information content (AvgIpc) is 2.60. The van der Waals surface area contributed by atoms with Gasteiger partial charge in [0.25, 0.3) is 5.91 Å². The number of anilines is 1. The summed E-state index contributed by atoms with van der Waals surface area (Å²) in [5, 5.41) is 13.9. The number of benzene rings is 1. The molecule has 0 aliphatic rings. The molecular formula is C16H17N3O6S. The van der Waals surface area contributed by atoms with Crippen LogP contribution in [0.3, 0.4) is 0 Å². The van der Waals surface area contributed by atoms with Crippen LogP contribution in [0, 0.1) is 5.21 Å². The maximum Gasteiger partial charge on any atom is 0.405 e. The van der Waals surface area contributed by atoms with Crippen LogP contribution in [0.15, 0.2) is 53.6 Å². The first-order chi connectivity index (χ1) is 12.2. The van der Waals surface area contributed by atoms with Gasteiger partial charge in [-0.15, -0.1) is 0 Å². The molecule has 9 nitrogen and oxygen atoms in total. The lowest BCUT2D eigenvalue weighted by Gasteiger charge is -2.12. The van der Waals surface area contributed by atoms with E-state index in [1.54, 1.807) is 0 Å². The minimum Gasteiger partial charge on any atom is -0.618 e. The van der Waals surface area contributed by atoms with Crippen LogP contribution < -0.4 is 10.0 Å². The van der Waals surface area contributed by atoms with E-state index in [0.717, 1.165) is 10.5 Å².